The molecule has 0 radical (unpaired) electrons. The molecule has 5 atom stereocenters. The van der Waals surface area contributed by atoms with Crippen LogP contribution in [0.25, 0.3) is 0 Å². The molecule has 5 nitrogen and oxygen atoms in total. The van der Waals surface area contributed by atoms with Crippen molar-refractivity contribution < 1.29 is 23.7 Å². The van der Waals surface area contributed by atoms with Crippen molar-refractivity contribution in [2.45, 2.75) is 88.9 Å². The molecule has 168 valence electrons. The van der Waals surface area contributed by atoms with Gasteiger partial charge < -0.3 is 23.7 Å². The van der Waals surface area contributed by atoms with Gasteiger partial charge in [0, 0.05) is 12.0 Å². The molecule has 0 spiro atoms. The molecule has 1 aromatic rings. The second-order valence-electron chi connectivity index (χ2n) is 10.2. The van der Waals surface area contributed by atoms with Crippen molar-refractivity contribution in [2.75, 3.05) is 13.2 Å². The van der Waals surface area contributed by atoms with Crippen LogP contribution in [0, 0.1) is 0 Å². The van der Waals surface area contributed by atoms with Gasteiger partial charge in [0.1, 0.15) is 6.10 Å². The van der Waals surface area contributed by atoms with Crippen LogP contribution in [0.2, 0.25) is 18.1 Å². The fourth-order valence-electron chi connectivity index (χ4n) is 3.84. The van der Waals surface area contributed by atoms with Gasteiger partial charge in [0.2, 0.25) is 0 Å². The summed E-state index contributed by atoms with van der Waals surface area (Å²) in [5.74, 6) is 0. The van der Waals surface area contributed by atoms with Crippen LogP contribution in [-0.2, 0) is 18.6 Å². The second kappa shape index (κ2) is 9.23. The zero-order chi connectivity index (χ0) is 22.0. The van der Waals surface area contributed by atoms with Gasteiger partial charge >= 0.3 is 0 Å². The van der Waals surface area contributed by atoms with E-state index in [1.54, 1.807) is 6.08 Å². The van der Waals surface area contributed by atoms with E-state index in [1.165, 1.54) is 0 Å². The van der Waals surface area contributed by atoms with E-state index in [9.17, 15) is 5.11 Å². The number of fused-ring (bicyclic) bond motifs is 1. The summed E-state index contributed by atoms with van der Waals surface area (Å²) in [7, 11) is -2.01. The first-order valence-electron chi connectivity index (χ1n) is 11.0. The lowest BCUT2D eigenvalue weighted by molar-refractivity contribution is -0.318. The van der Waals surface area contributed by atoms with Gasteiger partial charge in [-0.2, -0.15) is 0 Å². The molecule has 6 heteroatoms. The number of rotatable bonds is 6. The smallest absolute Gasteiger partial charge is 0.192 e. The second-order valence-corrected chi connectivity index (χ2v) is 14.9. The Morgan fingerprint density at radius 3 is 2.50 bits per heavy atom. The van der Waals surface area contributed by atoms with Crippen molar-refractivity contribution in [3.63, 3.8) is 0 Å². The van der Waals surface area contributed by atoms with Gasteiger partial charge in [-0.05, 0) is 31.5 Å². The molecule has 3 rings (SSSR count). The van der Waals surface area contributed by atoms with Crippen LogP contribution in [0.5, 0.6) is 0 Å². The summed E-state index contributed by atoms with van der Waals surface area (Å²) in [6, 6.07) is 10.1. The first-order valence-corrected chi connectivity index (χ1v) is 13.9. The molecule has 0 unspecified atom stereocenters. The van der Waals surface area contributed by atoms with Crippen LogP contribution < -0.4 is 0 Å². The highest BCUT2D eigenvalue weighted by Crippen LogP contribution is 2.45. The molecular formula is C24H38O5Si. The van der Waals surface area contributed by atoms with Crippen molar-refractivity contribution >= 4 is 8.32 Å². The van der Waals surface area contributed by atoms with E-state index in [4.69, 9.17) is 18.6 Å². The summed E-state index contributed by atoms with van der Waals surface area (Å²) in [5.41, 5.74) is 0.534. The summed E-state index contributed by atoms with van der Waals surface area (Å²) in [4.78, 5) is 0. The molecule has 0 aliphatic carbocycles. The molecule has 1 aromatic carbocycles. The Hall–Kier alpha value is -1.02. The number of ether oxygens (including phenoxy) is 3. The van der Waals surface area contributed by atoms with Crippen LogP contribution in [0.15, 0.2) is 42.5 Å². The molecule has 2 saturated heterocycles. The minimum atomic E-state index is -2.01. The molecular weight excluding hydrogens is 396 g/mol. The van der Waals surface area contributed by atoms with Crippen LogP contribution >= 0.6 is 0 Å². The predicted molar refractivity (Wildman–Crippen MR) is 121 cm³/mol. The third kappa shape index (κ3) is 5.23. The van der Waals surface area contributed by atoms with Gasteiger partial charge in [-0.15, -0.1) is 0 Å². The minimum absolute atomic E-state index is 0.0286. The maximum Gasteiger partial charge on any atom is 0.192 e. The van der Waals surface area contributed by atoms with Crippen molar-refractivity contribution in [3.05, 3.63) is 48.0 Å². The Balaban J connectivity index is 1.81. The molecule has 2 aliphatic rings. The number of aliphatic hydroxyl groups is 1. The lowest BCUT2D eigenvalue weighted by atomic mass is 9.85. The van der Waals surface area contributed by atoms with Crippen LogP contribution in [0.1, 0.15) is 52.4 Å². The fraction of sp³-hybridized carbons (Fsp3) is 0.667. The normalized spacial score (nSPS) is 32.9. The Bertz CT molecular complexity index is 714. The standard InChI is InChI=1S/C24H38O5Si/c1-23(2,3)30(5,6)29-21-16-19-20(28-24(21,4)14-10-11-15-25)17-26-22(27-19)18-12-8-7-9-13-18/h7-13,19-22,25H,14-17H2,1-6H3/b11-10+/t19-,20+,21+,22+,24-/m0/s1. The summed E-state index contributed by atoms with van der Waals surface area (Å²) in [6.45, 7) is 14.0. The number of aliphatic hydroxyl groups excluding tert-OH is 1. The number of hydrogen-bond donors (Lipinski definition) is 1. The largest absolute Gasteiger partial charge is 0.411 e. The zero-order valence-corrected chi connectivity index (χ0v) is 20.3. The lowest BCUT2D eigenvalue weighted by Gasteiger charge is -2.53. The maximum absolute atomic E-state index is 9.17. The molecule has 2 heterocycles. The van der Waals surface area contributed by atoms with Crippen LogP contribution in [0.3, 0.4) is 0 Å². The molecule has 30 heavy (non-hydrogen) atoms. The average molecular weight is 435 g/mol. The fourth-order valence-corrected chi connectivity index (χ4v) is 5.25. The Morgan fingerprint density at radius 2 is 1.87 bits per heavy atom. The highest BCUT2D eigenvalue weighted by Gasteiger charge is 2.52. The molecule has 2 aliphatic heterocycles. The molecule has 0 aromatic heterocycles. The predicted octanol–water partition coefficient (Wildman–Crippen LogP) is 4.98. The minimum Gasteiger partial charge on any atom is -0.411 e. The molecule has 0 amide bonds. The van der Waals surface area contributed by atoms with Crippen molar-refractivity contribution in [1.82, 2.24) is 0 Å². The lowest BCUT2D eigenvalue weighted by Crippen LogP contribution is -2.61. The highest BCUT2D eigenvalue weighted by atomic mass is 28.4. The van der Waals surface area contributed by atoms with Crippen LogP contribution in [0.4, 0.5) is 0 Å². The van der Waals surface area contributed by atoms with E-state index in [1.807, 2.05) is 36.4 Å². The Labute approximate surface area is 182 Å². The Morgan fingerprint density at radius 1 is 1.17 bits per heavy atom. The molecule has 2 fully saturated rings. The average Bonchev–Trinajstić information content (AvgIpc) is 2.68. The first kappa shape index (κ1) is 23.6. The van der Waals surface area contributed by atoms with E-state index in [2.05, 4.69) is 40.8 Å². The summed E-state index contributed by atoms with van der Waals surface area (Å²) in [5, 5.41) is 9.28. The Kier molecular flexibility index (Phi) is 7.27. The molecule has 0 saturated carbocycles. The van der Waals surface area contributed by atoms with E-state index in [0.29, 0.717) is 13.0 Å². The summed E-state index contributed by atoms with van der Waals surface area (Å²) in [6.07, 6.45) is 4.54. The summed E-state index contributed by atoms with van der Waals surface area (Å²) >= 11 is 0. The maximum atomic E-state index is 9.17. The van der Waals surface area contributed by atoms with Crippen molar-refractivity contribution in [2.24, 2.45) is 0 Å². The highest BCUT2D eigenvalue weighted by molar-refractivity contribution is 6.74. The van der Waals surface area contributed by atoms with E-state index in [0.717, 1.165) is 12.0 Å². The summed E-state index contributed by atoms with van der Waals surface area (Å²) < 4.78 is 25.8. The zero-order valence-electron chi connectivity index (χ0n) is 19.3. The van der Waals surface area contributed by atoms with Crippen molar-refractivity contribution in [3.8, 4) is 0 Å². The monoisotopic (exact) mass is 434 g/mol. The van der Waals surface area contributed by atoms with Crippen LogP contribution in [-0.4, -0.2) is 50.6 Å². The van der Waals surface area contributed by atoms with Gasteiger partial charge in [0.05, 0.1) is 31.0 Å². The third-order valence-corrected chi connectivity index (χ3v) is 11.3. The van der Waals surface area contributed by atoms with E-state index < -0.39 is 13.9 Å². The van der Waals surface area contributed by atoms with Gasteiger partial charge in [0.25, 0.3) is 0 Å². The van der Waals surface area contributed by atoms with Gasteiger partial charge in [-0.1, -0.05) is 63.3 Å². The molecule has 1 N–H and O–H groups in total. The topological polar surface area (TPSA) is 57.2 Å². The quantitative estimate of drug-likeness (QED) is 0.506. The van der Waals surface area contributed by atoms with Gasteiger partial charge in [-0.25, -0.2) is 0 Å². The third-order valence-electron chi connectivity index (χ3n) is 6.78. The van der Waals surface area contributed by atoms with Gasteiger partial charge in [0.15, 0.2) is 14.6 Å². The molecule has 0 bridgehead atoms. The number of benzene rings is 1. The number of hydrogen-bond acceptors (Lipinski definition) is 5. The first-order chi connectivity index (χ1) is 14.1. The van der Waals surface area contributed by atoms with Gasteiger partial charge in [-0.3, -0.25) is 0 Å². The SMILES string of the molecule is CC(C)(C)[Si](C)(C)O[C@@H]1C[C@@H]2O[C@H](c3ccccc3)OC[C@H]2O[C@@]1(C)C/C=C/CO. The van der Waals surface area contributed by atoms with E-state index >= 15 is 0 Å². The van der Waals surface area contributed by atoms with E-state index in [-0.39, 0.29) is 36.2 Å². The van der Waals surface area contributed by atoms with Crippen molar-refractivity contribution in [1.29, 1.82) is 0 Å².